The van der Waals surface area contributed by atoms with Crippen LogP contribution in [0.25, 0.3) is 32.1 Å². The number of ketones is 1. The summed E-state index contributed by atoms with van der Waals surface area (Å²) in [5, 5.41) is 4.88. The first-order valence-corrected chi connectivity index (χ1v) is 28.1. The highest BCUT2D eigenvalue weighted by Crippen LogP contribution is 2.48. The molecule has 0 saturated carbocycles. The predicted molar refractivity (Wildman–Crippen MR) is 302 cm³/mol. The van der Waals surface area contributed by atoms with Gasteiger partial charge in [-0.1, -0.05) is 32.8 Å². The fraction of sp³-hybridized carbons (Fsp3) is 0.456. The van der Waals surface area contributed by atoms with Crippen molar-refractivity contribution in [1.29, 1.82) is 0 Å². The van der Waals surface area contributed by atoms with Crippen molar-refractivity contribution in [3.8, 4) is 23.0 Å². The Morgan fingerprint density at radius 3 is 2.08 bits per heavy atom. The number of hydrogen-bond acceptors (Lipinski definition) is 20. The SMILES string of the molecule is COc1ccc2c(OS(=O)(=O)Oc3cc(C(=O)N(C)CC(C)(C)COCC(C)(C)CN=[N+]=[N-])ccc3O[C@@H]3O[C@H](COC(C)=O)[C@@H](OC(C)=O)[C@H](OC(C)=O)[C@H]3OC(C)=O)cc3c(c2c1)[C@H](CCl)CN3C(=O)c1cc2cc(C(C)=O)ccc2[nH]1. The molecule has 25 nitrogen and oxygen atoms in total. The molecule has 1 aromatic heterocycles. The fourth-order valence-corrected chi connectivity index (χ4v) is 10.9. The Morgan fingerprint density at radius 2 is 1.44 bits per heavy atom. The minimum Gasteiger partial charge on any atom is -0.497 e. The second-order valence-corrected chi connectivity index (χ2v) is 23.3. The molecular weight excluding hydrogens is 1140 g/mol. The Bertz CT molecular complexity index is 3550. The second-order valence-electron chi connectivity index (χ2n) is 21.8. The number of nitrogens with zero attached hydrogens (tertiary/aromatic N) is 5. The number of alkyl halides is 1. The van der Waals surface area contributed by atoms with Gasteiger partial charge >= 0.3 is 34.3 Å². The molecule has 5 aromatic rings. The van der Waals surface area contributed by atoms with Crippen molar-refractivity contribution < 1.29 is 88.2 Å². The molecule has 0 unspecified atom stereocenters. The number of esters is 4. The van der Waals surface area contributed by atoms with Crippen LogP contribution in [0.3, 0.4) is 0 Å². The van der Waals surface area contributed by atoms with Crippen LogP contribution in [0.4, 0.5) is 5.69 Å². The lowest BCUT2D eigenvalue weighted by Crippen LogP contribution is -2.63. The molecule has 7 rings (SSSR count). The van der Waals surface area contributed by atoms with Crippen molar-refractivity contribution in [3.05, 3.63) is 99.6 Å². The zero-order valence-electron chi connectivity index (χ0n) is 48.0. The zero-order valence-corrected chi connectivity index (χ0v) is 49.6. The van der Waals surface area contributed by atoms with Crippen LogP contribution in [0.15, 0.2) is 71.8 Å². The lowest BCUT2D eigenvalue weighted by Gasteiger charge is -2.44. The number of nitrogens with one attached hydrogen (secondary N) is 1. The molecule has 2 amide bonds. The molecular formula is C57H65ClN6O19S. The number of aromatic nitrogens is 1. The maximum atomic E-state index is 14.7. The van der Waals surface area contributed by atoms with Crippen LogP contribution in [0.1, 0.15) is 105 Å². The maximum Gasteiger partial charge on any atom is 0.501 e. The molecule has 2 aliphatic heterocycles. The summed E-state index contributed by atoms with van der Waals surface area (Å²) in [5.41, 5.74) is 9.50. The van der Waals surface area contributed by atoms with Gasteiger partial charge in [-0.15, -0.1) is 20.0 Å². The van der Waals surface area contributed by atoms with Gasteiger partial charge in [0, 0.05) is 110 Å². The number of methoxy groups -OCH3 is 1. The van der Waals surface area contributed by atoms with Crippen LogP contribution >= 0.6 is 11.6 Å². The zero-order chi connectivity index (χ0) is 61.6. The number of ether oxygens (including phenoxy) is 8. The van der Waals surface area contributed by atoms with E-state index in [1.165, 1.54) is 43.0 Å². The van der Waals surface area contributed by atoms with E-state index in [1.807, 2.05) is 27.7 Å². The van der Waals surface area contributed by atoms with Crippen LogP contribution < -0.4 is 22.7 Å². The number of rotatable bonds is 24. The molecule has 4 aromatic carbocycles. The maximum absolute atomic E-state index is 14.7. The van der Waals surface area contributed by atoms with Crippen molar-refractivity contribution in [3.63, 3.8) is 0 Å². The van der Waals surface area contributed by atoms with Gasteiger partial charge in [-0.25, -0.2) is 0 Å². The highest BCUT2D eigenvalue weighted by atomic mass is 35.5. The Labute approximate surface area is 488 Å². The standard InChI is InChI=1S/C57H65ClN6O19S/c1-30(65)35-12-16-42-37(18-35)19-43(61-42)54(71)64-24-38(23-58)49-41-21-39(74-11)14-15-40(41)46(22-44(49)64)82-84(72,73)83-47-20-36(53(70)63(10)27-57(8,9)29-75-28-56(6,7)26-60-62-59)13-17-45(47)80-55-52(79-34(5)69)51(78-33(4)68)50(77-32(3)67)48(81-55)25-76-31(2)66/h12-22,38,48,50-52,55,61H,23-29H2,1-11H3/t38-,48-,50-,51+,52-,55-/m1/s1. The van der Waals surface area contributed by atoms with Gasteiger partial charge in [-0.3, -0.25) is 33.6 Å². The molecule has 0 aliphatic carbocycles. The Hall–Kier alpha value is -8.16. The summed E-state index contributed by atoms with van der Waals surface area (Å²) < 4.78 is 87.0. The van der Waals surface area contributed by atoms with Crippen LogP contribution in [-0.4, -0.2) is 150 Å². The van der Waals surface area contributed by atoms with E-state index in [0.717, 1.165) is 39.8 Å². The molecule has 1 fully saturated rings. The van der Waals surface area contributed by atoms with Gasteiger partial charge in [0.15, 0.2) is 35.2 Å². The number of amides is 2. The molecule has 1 N–H and O–H groups in total. The summed E-state index contributed by atoms with van der Waals surface area (Å²) in [7, 11) is -2.45. The molecule has 84 heavy (non-hydrogen) atoms. The monoisotopic (exact) mass is 1200 g/mol. The number of carbonyl (C=O) groups is 7. The molecule has 6 atom stereocenters. The van der Waals surface area contributed by atoms with Crippen LogP contribution in [0.5, 0.6) is 23.0 Å². The highest BCUT2D eigenvalue weighted by molar-refractivity contribution is 7.82. The second kappa shape index (κ2) is 26.2. The van der Waals surface area contributed by atoms with Crippen molar-refractivity contribution in [2.45, 2.75) is 98.9 Å². The number of hydrogen-bond donors (Lipinski definition) is 1. The van der Waals surface area contributed by atoms with E-state index in [9.17, 15) is 42.0 Å². The number of azide groups is 1. The van der Waals surface area contributed by atoms with E-state index >= 15 is 0 Å². The van der Waals surface area contributed by atoms with E-state index in [4.69, 9.17) is 63.4 Å². The van der Waals surface area contributed by atoms with Crippen LogP contribution in [0, 0.1) is 10.8 Å². The number of aromatic amines is 1. The molecule has 0 bridgehead atoms. The average Bonchev–Trinajstić information content (AvgIpc) is 4.27. The summed E-state index contributed by atoms with van der Waals surface area (Å²) in [6.45, 7) is 13.2. The molecule has 0 radical (unpaired) electrons. The number of halogens is 1. The molecule has 1 saturated heterocycles. The van der Waals surface area contributed by atoms with E-state index in [0.29, 0.717) is 33.2 Å². The first-order valence-electron chi connectivity index (χ1n) is 26.3. The van der Waals surface area contributed by atoms with Gasteiger partial charge in [0.1, 0.15) is 24.2 Å². The van der Waals surface area contributed by atoms with Gasteiger partial charge < -0.3 is 61.0 Å². The lowest BCUT2D eigenvalue weighted by molar-refractivity contribution is -0.288. The topological polar surface area (TPSA) is 317 Å². The highest BCUT2D eigenvalue weighted by Gasteiger charge is 2.54. The number of benzene rings is 4. The minimum atomic E-state index is -5.40. The summed E-state index contributed by atoms with van der Waals surface area (Å²) in [5.74, 6) is -6.51. The van der Waals surface area contributed by atoms with Crippen molar-refractivity contribution in [2.24, 2.45) is 15.9 Å². The third kappa shape index (κ3) is 15.3. The van der Waals surface area contributed by atoms with E-state index in [2.05, 4.69) is 15.0 Å². The van der Waals surface area contributed by atoms with Crippen molar-refractivity contribution in [1.82, 2.24) is 9.88 Å². The first-order chi connectivity index (χ1) is 39.5. The van der Waals surface area contributed by atoms with Crippen LogP contribution in [-0.2, 0) is 58.0 Å². The first kappa shape index (κ1) is 63.4. The van der Waals surface area contributed by atoms with Gasteiger partial charge in [0.2, 0.25) is 12.4 Å². The van der Waals surface area contributed by atoms with Gasteiger partial charge in [-0.05, 0) is 89.5 Å². The smallest absolute Gasteiger partial charge is 0.497 e. The molecule has 3 heterocycles. The number of carbonyl (C=O) groups excluding carboxylic acids is 7. The molecule has 2 aliphatic rings. The Morgan fingerprint density at radius 1 is 0.786 bits per heavy atom. The summed E-state index contributed by atoms with van der Waals surface area (Å²) in [6.07, 6.45) is -8.45. The summed E-state index contributed by atoms with van der Waals surface area (Å²) in [4.78, 5) is 99.9. The van der Waals surface area contributed by atoms with Gasteiger partial charge in [0.25, 0.3) is 11.8 Å². The number of anilines is 1. The number of H-pyrrole nitrogens is 1. The van der Waals surface area contributed by atoms with Gasteiger partial charge in [0.05, 0.1) is 26.0 Å². The Kier molecular flexibility index (Phi) is 19.8. The molecule has 450 valence electrons. The Balaban J connectivity index is 1.30. The molecule has 27 heteroatoms. The van der Waals surface area contributed by atoms with E-state index in [1.54, 1.807) is 42.5 Å². The summed E-state index contributed by atoms with van der Waals surface area (Å²) >= 11 is 6.61. The lowest BCUT2D eigenvalue weighted by atomic mass is 9.92. The van der Waals surface area contributed by atoms with Crippen molar-refractivity contribution in [2.75, 3.05) is 64.4 Å². The van der Waals surface area contributed by atoms with Gasteiger partial charge in [-0.2, -0.15) is 0 Å². The van der Waals surface area contributed by atoms with Crippen molar-refractivity contribution >= 4 is 90.8 Å². The minimum absolute atomic E-state index is 0.0374. The third-order valence-electron chi connectivity index (χ3n) is 13.4. The predicted octanol–water partition coefficient (Wildman–Crippen LogP) is 8.13. The average molecular weight is 1210 g/mol. The number of Topliss-reactive ketones (excluding diaryl/α,β-unsaturated/α-hetero) is 1. The fourth-order valence-electron chi connectivity index (χ4n) is 9.87. The van der Waals surface area contributed by atoms with E-state index < -0.39 is 112 Å². The molecule has 0 spiro atoms. The largest absolute Gasteiger partial charge is 0.501 e. The third-order valence-corrected chi connectivity index (χ3v) is 14.6. The quantitative estimate of drug-likeness (QED) is 0.0116. The number of fused-ring (bicyclic) bond motifs is 4. The normalized spacial score (nSPS) is 18.6. The van der Waals surface area contributed by atoms with Crippen LogP contribution in [0.2, 0.25) is 0 Å². The van der Waals surface area contributed by atoms with E-state index in [-0.39, 0.29) is 72.6 Å². The summed E-state index contributed by atoms with van der Waals surface area (Å²) in [6, 6.07) is 16.1.